The minimum absolute atomic E-state index is 0.00470. The molecule has 0 radical (unpaired) electrons. The van der Waals surface area contributed by atoms with Crippen LogP contribution in [0.4, 0.5) is 0 Å². The number of benzene rings is 1. The maximum Gasteiger partial charge on any atom is 0.0570 e. The quantitative estimate of drug-likeness (QED) is 0.787. The van der Waals surface area contributed by atoms with Crippen LogP contribution in [0.25, 0.3) is 0 Å². The van der Waals surface area contributed by atoms with Crippen LogP contribution in [0.2, 0.25) is 0 Å². The van der Waals surface area contributed by atoms with Gasteiger partial charge in [0.1, 0.15) is 0 Å². The summed E-state index contributed by atoms with van der Waals surface area (Å²) in [6, 6.07) is 8.48. The minimum atomic E-state index is -0.00470. The van der Waals surface area contributed by atoms with Crippen molar-refractivity contribution >= 4 is 0 Å². The first-order valence-electron chi connectivity index (χ1n) is 4.98. The van der Waals surface area contributed by atoms with Gasteiger partial charge in [-0.05, 0) is 18.9 Å². The average molecular weight is 192 g/mol. The highest BCUT2D eigenvalue weighted by atomic mass is 16.5. The molecule has 0 atom stereocenters. The Balaban J connectivity index is 2.06. The largest absolute Gasteiger partial charge is 0.396 e. The molecule has 1 aliphatic heterocycles. The first-order valence-corrected chi connectivity index (χ1v) is 4.98. The number of rotatable bonds is 3. The molecule has 1 fully saturated rings. The molecule has 2 nitrogen and oxygen atoms in total. The van der Waals surface area contributed by atoms with Crippen molar-refractivity contribution in [2.45, 2.75) is 13.3 Å². The van der Waals surface area contributed by atoms with Crippen molar-refractivity contribution in [3.8, 4) is 0 Å². The summed E-state index contributed by atoms with van der Waals surface area (Å²) in [4.78, 5) is 0. The van der Waals surface area contributed by atoms with Gasteiger partial charge in [-0.15, -0.1) is 0 Å². The van der Waals surface area contributed by atoms with Gasteiger partial charge < -0.3 is 9.84 Å². The number of ether oxygens (including phenoxy) is 1. The fraction of sp³-hybridized carbons (Fsp3) is 0.500. The molecule has 0 spiro atoms. The van der Waals surface area contributed by atoms with Gasteiger partial charge >= 0.3 is 0 Å². The Bertz CT molecular complexity index is 293. The van der Waals surface area contributed by atoms with E-state index in [-0.39, 0.29) is 12.0 Å². The molecule has 1 aromatic rings. The van der Waals surface area contributed by atoms with Gasteiger partial charge in [0.05, 0.1) is 19.8 Å². The summed E-state index contributed by atoms with van der Waals surface area (Å²) in [6.07, 6.45) is 0.920. The summed E-state index contributed by atoms with van der Waals surface area (Å²) >= 11 is 0. The van der Waals surface area contributed by atoms with E-state index in [0.29, 0.717) is 13.2 Å². The Morgan fingerprint density at radius 1 is 1.29 bits per heavy atom. The van der Waals surface area contributed by atoms with Gasteiger partial charge in [-0.25, -0.2) is 0 Å². The van der Waals surface area contributed by atoms with Crippen LogP contribution in [0.3, 0.4) is 0 Å². The molecule has 0 saturated carbocycles. The summed E-state index contributed by atoms with van der Waals surface area (Å²) in [5, 5.41) is 9.27. The molecule has 1 aliphatic rings. The van der Waals surface area contributed by atoms with Crippen LogP contribution in [-0.4, -0.2) is 24.9 Å². The summed E-state index contributed by atoms with van der Waals surface area (Å²) < 4.78 is 5.17. The molecule has 14 heavy (non-hydrogen) atoms. The van der Waals surface area contributed by atoms with Crippen LogP contribution < -0.4 is 0 Å². The summed E-state index contributed by atoms with van der Waals surface area (Å²) in [5.41, 5.74) is 2.56. The fourth-order valence-electron chi connectivity index (χ4n) is 1.78. The summed E-state index contributed by atoms with van der Waals surface area (Å²) in [6.45, 7) is 3.69. The number of aliphatic hydroxyl groups excluding tert-OH is 1. The smallest absolute Gasteiger partial charge is 0.0570 e. The topological polar surface area (TPSA) is 29.5 Å². The molecule has 76 valence electrons. The minimum Gasteiger partial charge on any atom is -0.396 e. The van der Waals surface area contributed by atoms with Crippen molar-refractivity contribution < 1.29 is 9.84 Å². The number of aliphatic hydroxyl groups is 1. The van der Waals surface area contributed by atoms with E-state index in [2.05, 4.69) is 31.2 Å². The number of aryl methyl sites for hydroxylation is 1. The van der Waals surface area contributed by atoms with E-state index in [1.165, 1.54) is 11.1 Å². The lowest BCUT2D eigenvalue weighted by atomic mass is 9.80. The third-order valence-corrected chi connectivity index (χ3v) is 2.85. The van der Waals surface area contributed by atoms with E-state index in [0.717, 1.165) is 6.42 Å². The molecule has 2 heteroatoms. The van der Waals surface area contributed by atoms with Crippen LogP contribution in [0.15, 0.2) is 24.3 Å². The van der Waals surface area contributed by atoms with E-state index in [4.69, 9.17) is 4.74 Å². The van der Waals surface area contributed by atoms with Gasteiger partial charge in [-0.2, -0.15) is 0 Å². The Kier molecular flexibility index (Phi) is 2.57. The third-order valence-electron chi connectivity index (χ3n) is 2.85. The van der Waals surface area contributed by atoms with Gasteiger partial charge in [0.2, 0.25) is 0 Å². The predicted molar refractivity (Wildman–Crippen MR) is 55.2 cm³/mol. The molecule has 0 aromatic heterocycles. The van der Waals surface area contributed by atoms with E-state index < -0.39 is 0 Å². The van der Waals surface area contributed by atoms with E-state index >= 15 is 0 Å². The fourth-order valence-corrected chi connectivity index (χ4v) is 1.78. The van der Waals surface area contributed by atoms with Gasteiger partial charge in [0.15, 0.2) is 0 Å². The predicted octanol–water partition coefficient (Wildman–Crippen LogP) is 1.55. The molecule has 0 bridgehead atoms. The zero-order valence-electron chi connectivity index (χ0n) is 8.49. The Hall–Kier alpha value is -0.860. The number of hydrogen-bond donors (Lipinski definition) is 1. The molecule has 1 aromatic carbocycles. The van der Waals surface area contributed by atoms with Crippen LogP contribution in [0.1, 0.15) is 11.1 Å². The summed E-state index contributed by atoms with van der Waals surface area (Å²) in [7, 11) is 0. The molecule has 2 rings (SSSR count). The van der Waals surface area contributed by atoms with E-state index in [9.17, 15) is 5.11 Å². The second kappa shape index (κ2) is 3.71. The first-order chi connectivity index (χ1) is 6.74. The number of hydrogen-bond acceptors (Lipinski definition) is 2. The van der Waals surface area contributed by atoms with Gasteiger partial charge in [-0.3, -0.25) is 0 Å². The van der Waals surface area contributed by atoms with Gasteiger partial charge in [-0.1, -0.05) is 29.8 Å². The van der Waals surface area contributed by atoms with Crippen LogP contribution in [0.5, 0.6) is 0 Å². The second-order valence-corrected chi connectivity index (χ2v) is 4.31. The highest BCUT2D eigenvalue weighted by Crippen LogP contribution is 2.31. The van der Waals surface area contributed by atoms with Crippen molar-refractivity contribution in [2.24, 2.45) is 5.41 Å². The van der Waals surface area contributed by atoms with Crippen molar-refractivity contribution in [1.29, 1.82) is 0 Å². The third kappa shape index (κ3) is 1.81. The molecule has 0 amide bonds. The zero-order valence-corrected chi connectivity index (χ0v) is 8.49. The van der Waals surface area contributed by atoms with Crippen LogP contribution in [0, 0.1) is 12.3 Å². The lowest BCUT2D eigenvalue weighted by Crippen LogP contribution is -2.47. The highest BCUT2D eigenvalue weighted by molar-refractivity contribution is 5.22. The second-order valence-electron chi connectivity index (χ2n) is 4.31. The monoisotopic (exact) mass is 192 g/mol. The van der Waals surface area contributed by atoms with Crippen molar-refractivity contribution in [2.75, 3.05) is 19.8 Å². The van der Waals surface area contributed by atoms with Crippen molar-refractivity contribution in [3.63, 3.8) is 0 Å². The van der Waals surface area contributed by atoms with Crippen molar-refractivity contribution in [3.05, 3.63) is 35.4 Å². The van der Waals surface area contributed by atoms with Crippen LogP contribution >= 0.6 is 0 Å². The molecular formula is C12H16O2. The van der Waals surface area contributed by atoms with E-state index in [1.54, 1.807) is 0 Å². The molecule has 1 saturated heterocycles. The Morgan fingerprint density at radius 3 is 2.36 bits per heavy atom. The lowest BCUT2D eigenvalue weighted by Gasteiger charge is -2.40. The zero-order chi connectivity index (χ0) is 10.0. The molecular weight excluding hydrogens is 176 g/mol. The van der Waals surface area contributed by atoms with Crippen LogP contribution in [-0.2, 0) is 11.2 Å². The highest BCUT2D eigenvalue weighted by Gasteiger charge is 2.37. The molecule has 0 aliphatic carbocycles. The van der Waals surface area contributed by atoms with E-state index in [1.807, 2.05) is 0 Å². The van der Waals surface area contributed by atoms with Gasteiger partial charge in [0.25, 0.3) is 0 Å². The normalized spacial score (nSPS) is 19.0. The first kappa shape index (κ1) is 9.69. The summed E-state index contributed by atoms with van der Waals surface area (Å²) in [5.74, 6) is 0. The Morgan fingerprint density at radius 2 is 1.93 bits per heavy atom. The SMILES string of the molecule is Cc1ccc(CC2(CO)COC2)cc1. The average Bonchev–Trinajstić information content (AvgIpc) is 2.15. The lowest BCUT2D eigenvalue weighted by molar-refractivity contribution is -0.136. The maximum atomic E-state index is 9.27. The van der Waals surface area contributed by atoms with Crippen molar-refractivity contribution in [1.82, 2.24) is 0 Å². The van der Waals surface area contributed by atoms with Gasteiger partial charge in [0, 0.05) is 5.41 Å². The standard InChI is InChI=1S/C12H16O2/c1-10-2-4-11(5-3-10)6-12(7-13)8-14-9-12/h2-5,13H,6-9H2,1H3. The molecule has 1 N–H and O–H groups in total. The molecule has 0 unspecified atom stereocenters. The Labute approximate surface area is 84.5 Å². The maximum absolute atomic E-state index is 9.27. The molecule has 1 heterocycles.